The number of amides is 1. The summed E-state index contributed by atoms with van der Waals surface area (Å²) in [5.74, 6) is 0.961. The van der Waals surface area contributed by atoms with E-state index in [1.807, 2.05) is 66.7 Å². The number of hydrazone groups is 1. The van der Waals surface area contributed by atoms with Gasteiger partial charge in [0.25, 0.3) is 5.91 Å². The van der Waals surface area contributed by atoms with Crippen LogP contribution in [0.3, 0.4) is 0 Å². The molecule has 0 saturated heterocycles. The monoisotopic (exact) mass is 627 g/mol. The first-order valence-electron chi connectivity index (χ1n) is 12.3. The largest absolute Gasteiger partial charge is 0.493 e. The third-order valence-electron chi connectivity index (χ3n) is 6.24. The van der Waals surface area contributed by atoms with Crippen molar-refractivity contribution < 1.29 is 14.3 Å². The standard InChI is InChI=1S/C32H26IN3O3/c1-38-30-20-22(19-27(33)31(30)39-2)21-34-35-32(37)25-13-15-26(16-14-25)36-28(23-9-5-3-6-10-23)17-18-29(36)24-11-7-4-8-12-24/h3-21H,1-2H3,(H,35,37)/b34-21-. The molecule has 194 valence electrons. The Morgan fingerprint density at radius 3 is 1.92 bits per heavy atom. The van der Waals surface area contributed by atoms with E-state index in [1.165, 1.54) is 0 Å². The number of rotatable bonds is 8. The molecule has 5 rings (SSSR count). The molecule has 0 aliphatic carbocycles. The number of carbonyl (C=O) groups is 1. The predicted octanol–water partition coefficient (Wildman–Crippen LogP) is 7.20. The van der Waals surface area contributed by atoms with E-state index in [0.29, 0.717) is 17.1 Å². The molecule has 1 aromatic heterocycles. The summed E-state index contributed by atoms with van der Waals surface area (Å²) in [6.07, 6.45) is 1.58. The van der Waals surface area contributed by atoms with E-state index in [2.05, 4.69) is 74.1 Å². The van der Waals surface area contributed by atoms with Crippen LogP contribution in [0.15, 0.2) is 114 Å². The fraction of sp³-hybridized carbons (Fsp3) is 0.0625. The summed E-state index contributed by atoms with van der Waals surface area (Å²) in [6, 6.07) is 36.0. The van der Waals surface area contributed by atoms with Gasteiger partial charge in [-0.3, -0.25) is 4.79 Å². The molecule has 0 radical (unpaired) electrons. The van der Waals surface area contributed by atoms with E-state index >= 15 is 0 Å². The van der Waals surface area contributed by atoms with E-state index in [9.17, 15) is 4.79 Å². The number of methoxy groups -OCH3 is 2. The zero-order valence-corrected chi connectivity index (χ0v) is 23.6. The highest BCUT2D eigenvalue weighted by Crippen LogP contribution is 2.34. The number of benzene rings is 4. The van der Waals surface area contributed by atoms with Gasteiger partial charge in [0.2, 0.25) is 0 Å². The highest BCUT2D eigenvalue weighted by molar-refractivity contribution is 14.1. The van der Waals surface area contributed by atoms with Crippen molar-refractivity contribution in [1.82, 2.24) is 9.99 Å². The highest BCUT2D eigenvalue weighted by Gasteiger charge is 2.14. The maximum Gasteiger partial charge on any atom is 0.271 e. The Kier molecular flexibility index (Phi) is 8.07. The van der Waals surface area contributed by atoms with Crippen molar-refractivity contribution in [1.29, 1.82) is 0 Å². The lowest BCUT2D eigenvalue weighted by molar-refractivity contribution is 0.0955. The molecule has 0 atom stereocenters. The second-order valence-corrected chi connectivity index (χ2v) is 9.82. The Morgan fingerprint density at radius 1 is 0.795 bits per heavy atom. The van der Waals surface area contributed by atoms with Gasteiger partial charge in [-0.2, -0.15) is 5.10 Å². The first-order chi connectivity index (χ1) is 19.1. The summed E-state index contributed by atoms with van der Waals surface area (Å²) in [5, 5.41) is 4.14. The Morgan fingerprint density at radius 2 is 1.38 bits per heavy atom. The molecule has 1 amide bonds. The van der Waals surface area contributed by atoms with Gasteiger partial charge in [0.05, 0.1) is 35.4 Å². The number of halogens is 1. The Hall–Kier alpha value is -4.37. The minimum absolute atomic E-state index is 0.299. The van der Waals surface area contributed by atoms with Gasteiger partial charge in [-0.15, -0.1) is 0 Å². The minimum Gasteiger partial charge on any atom is -0.493 e. The third-order valence-corrected chi connectivity index (χ3v) is 7.04. The molecule has 0 fully saturated rings. The van der Waals surface area contributed by atoms with Crippen molar-refractivity contribution in [2.45, 2.75) is 0 Å². The SMILES string of the molecule is COc1cc(/C=N\NC(=O)c2ccc(-n3c(-c4ccccc4)ccc3-c3ccccc3)cc2)cc(I)c1OC. The van der Waals surface area contributed by atoms with Gasteiger partial charge in [0.1, 0.15) is 0 Å². The summed E-state index contributed by atoms with van der Waals surface area (Å²) >= 11 is 2.17. The molecule has 0 bridgehead atoms. The molecule has 0 aliphatic heterocycles. The van der Waals surface area contributed by atoms with Crippen LogP contribution in [0.2, 0.25) is 0 Å². The van der Waals surface area contributed by atoms with Crippen molar-refractivity contribution >= 4 is 34.7 Å². The summed E-state index contributed by atoms with van der Waals surface area (Å²) in [5.41, 5.74) is 9.22. The van der Waals surface area contributed by atoms with Crippen molar-refractivity contribution in [3.63, 3.8) is 0 Å². The molecule has 5 aromatic rings. The van der Waals surface area contributed by atoms with Gasteiger partial charge in [-0.05, 0) is 87.8 Å². The van der Waals surface area contributed by atoms with E-state index in [1.54, 1.807) is 26.5 Å². The molecule has 0 unspecified atom stereocenters. The Labute approximate surface area is 241 Å². The summed E-state index contributed by atoms with van der Waals surface area (Å²) < 4.78 is 13.9. The van der Waals surface area contributed by atoms with Gasteiger partial charge in [-0.1, -0.05) is 60.7 Å². The van der Waals surface area contributed by atoms with Crippen LogP contribution in [0.25, 0.3) is 28.2 Å². The first-order valence-corrected chi connectivity index (χ1v) is 13.3. The van der Waals surface area contributed by atoms with E-state index in [0.717, 1.165) is 37.3 Å². The van der Waals surface area contributed by atoms with Crippen LogP contribution in [0.1, 0.15) is 15.9 Å². The minimum atomic E-state index is -0.299. The van der Waals surface area contributed by atoms with E-state index in [-0.39, 0.29) is 5.91 Å². The predicted molar refractivity (Wildman–Crippen MR) is 164 cm³/mol. The fourth-order valence-corrected chi connectivity index (χ4v) is 5.23. The molecule has 6 nitrogen and oxygen atoms in total. The molecule has 7 heteroatoms. The zero-order valence-electron chi connectivity index (χ0n) is 21.5. The van der Waals surface area contributed by atoms with Crippen molar-refractivity contribution in [2.24, 2.45) is 5.10 Å². The number of carbonyl (C=O) groups excluding carboxylic acids is 1. The van der Waals surface area contributed by atoms with Gasteiger partial charge in [-0.25, -0.2) is 5.43 Å². The summed E-state index contributed by atoms with van der Waals surface area (Å²) in [7, 11) is 3.18. The molecule has 1 heterocycles. The van der Waals surface area contributed by atoms with Crippen LogP contribution < -0.4 is 14.9 Å². The lowest BCUT2D eigenvalue weighted by atomic mass is 10.1. The average molecular weight is 627 g/mol. The fourth-order valence-electron chi connectivity index (χ4n) is 4.39. The lowest BCUT2D eigenvalue weighted by Gasteiger charge is -2.15. The smallest absolute Gasteiger partial charge is 0.271 e. The third kappa shape index (κ3) is 5.73. The topological polar surface area (TPSA) is 64.8 Å². The molecule has 0 aliphatic rings. The van der Waals surface area contributed by atoms with E-state index < -0.39 is 0 Å². The number of aromatic nitrogens is 1. The molecule has 1 N–H and O–H groups in total. The van der Waals surface area contributed by atoms with Crippen LogP contribution in [0, 0.1) is 3.57 Å². The van der Waals surface area contributed by atoms with Gasteiger partial charge >= 0.3 is 0 Å². The van der Waals surface area contributed by atoms with Gasteiger partial charge < -0.3 is 14.0 Å². The van der Waals surface area contributed by atoms with Crippen LogP contribution >= 0.6 is 22.6 Å². The van der Waals surface area contributed by atoms with Crippen LogP contribution in [-0.2, 0) is 0 Å². The second kappa shape index (κ2) is 12.0. The van der Waals surface area contributed by atoms with Crippen molar-refractivity contribution in [3.8, 4) is 39.7 Å². The molecule has 39 heavy (non-hydrogen) atoms. The number of hydrogen-bond donors (Lipinski definition) is 1. The molecule has 0 spiro atoms. The van der Waals surface area contributed by atoms with E-state index in [4.69, 9.17) is 9.47 Å². The lowest BCUT2D eigenvalue weighted by Crippen LogP contribution is -2.17. The zero-order chi connectivity index (χ0) is 27.2. The number of nitrogens with one attached hydrogen (secondary N) is 1. The molecule has 4 aromatic carbocycles. The molecular formula is C32H26IN3O3. The Bertz CT molecular complexity index is 1560. The average Bonchev–Trinajstić information content (AvgIpc) is 3.43. The Balaban J connectivity index is 1.39. The van der Waals surface area contributed by atoms with Gasteiger partial charge in [0.15, 0.2) is 11.5 Å². The molecule has 0 saturated carbocycles. The van der Waals surface area contributed by atoms with Gasteiger partial charge in [0, 0.05) is 11.3 Å². The number of hydrogen-bond acceptors (Lipinski definition) is 4. The summed E-state index contributed by atoms with van der Waals surface area (Å²) in [4.78, 5) is 12.8. The number of ether oxygens (including phenoxy) is 2. The summed E-state index contributed by atoms with van der Waals surface area (Å²) in [6.45, 7) is 0. The molecular weight excluding hydrogens is 601 g/mol. The second-order valence-electron chi connectivity index (χ2n) is 8.66. The highest BCUT2D eigenvalue weighted by atomic mass is 127. The van der Waals surface area contributed by atoms with Crippen molar-refractivity contribution in [2.75, 3.05) is 14.2 Å². The maximum atomic E-state index is 12.8. The van der Waals surface area contributed by atoms with Crippen molar-refractivity contribution in [3.05, 3.63) is 124 Å². The first kappa shape index (κ1) is 26.2. The maximum absolute atomic E-state index is 12.8. The van der Waals surface area contributed by atoms with Crippen LogP contribution in [0.4, 0.5) is 0 Å². The quantitative estimate of drug-likeness (QED) is 0.113. The van der Waals surface area contributed by atoms with Crippen LogP contribution in [-0.4, -0.2) is 30.9 Å². The van der Waals surface area contributed by atoms with Crippen LogP contribution in [0.5, 0.6) is 11.5 Å². The number of nitrogens with zero attached hydrogens (tertiary/aromatic N) is 2. The normalized spacial score (nSPS) is 10.9.